The van der Waals surface area contributed by atoms with Gasteiger partial charge in [0.05, 0.1) is 16.9 Å². The third-order valence-electron chi connectivity index (χ3n) is 4.95. The average Bonchev–Trinajstić information content (AvgIpc) is 2.70. The molecule has 0 unspecified atom stereocenters. The number of nitro benzene ring substituents is 1. The van der Waals surface area contributed by atoms with E-state index in [2.05, 4.69) is 5.32 Å². The minimum absolute atomic E-state index is 0.00210. The van der Waals surface area contributed by atoms with Gasteiger partial charge in [0.2, 0.25) is 15.9 Å². The van der Waals surface area contributed by atoms with Crippen LogP contribution in [0.4, 0.5) is 11.4 Å². The van der Waals surface area contributed by atoms with E-state index in [1.54, 1.807) is 6.92 Å². The normalized spacial score (nSPS) is 12.2. The number of hydrogen-bond donors (Lipinski definition) is 1. The minimum Gasteiger partial charge on any atom is -0.354 e. The molecule has 2 aromatic carbocycles. The number of nitrogens with one attached hydrogen (secondary N) is 1. The van der Waals surface area contributed by atoms with E-state index in [4.69, 9.17) is 0 Å². The molecule has 0 heterocycles. The minimum atomic E-state index is -3.66. The van der Waals surface area contributed by atoms with Crippen molar-refractivity contribution >= 4 is 27.3 Å². The topological polar surface area (TPSA) is 110 Å². The standard InChI is InChI=1S/C22H29N3O5S/c1-17-11-14-20(25(27)28)16-21(17)24(31(3,29)30)15-7-10-22(26)23-18(2)12-13-19-8-5-4-6-9-19/h4-6,8-9,11,14,16,18H,7,10,12-13,15H2,1-3H3,(H,23,26)/t18-/m0/s1. The maximum atomic E-state index is 12.3. The molecule has 0 bridgehead atoms. The fourth-order valence-electron chi connectivity index (χ4n) is 3.28. The summed E-state index contributed by atoms with van der Waals surface area (Å²) in [4.78, 5) is 22.8. The number of benzene rings is 2. The van der Waals surface area contributed by atoms with Gasteiger partial charge in [0, 0.05) is 31.1 Å². The predicted molar refractivity (Wildman–Crippen MR) is 122 cm³/mol. The lowest BCUT2D eigenvalue weighted by Crippen LogP contribution is -2.35. The van der Waals surface area contributed by atoms with Gasteiger partial charge in [-0.1, -0.05) is 36.4 Å². The smallest absolute Gasteiger partial charge is 0.271 e. The zero-order valence-corrected chi connectivity index (χ0v) is 18.9. The molecule has 0 spiro atoms. The van der Waals surface area contributed by atoms with Gasteiger partial charge in [-0.2, -0.15) is 0 Å². The molecule has 2 aromatic rings. The molecule has 0 aliphatic heterocycles. The number of rotatable bonds is 11. The molecule has 31 heavy (non-hydrogen) atoms. The van der Waals surface area contributed by atoms with Crippen molar-refractivity contribution in [1.82, 2.24) is 5.32 Å². The molecule has 9 heteroatoms. The summed E-state index contributed by atoms with van der Waals surface area (Å²) in [5, 5.41) is 14.0. The molecule has 0 aliphatic carbocycles. The fourth-order valence-corrected chi connectivity index (χ4v) is 4.29. The summed E-state index contributed by atoms with van der Waals surface area (Å²) in [5.41, 5.74) is 1.89. The summed E-state index contributed by atoms with van der Waals surface area (Å²) in [6, 6.07) is 14.1. The number of carbonyl (C=O) groups excluding carboxylic acids is 1. The summed E-state index contributed by atoms with van der Waals surface area (Å²) in [6.45, 7) is 3.70. The Morgan fingerprint density at radius 1 is 1.19 bits per heavy atom. The van der Waals surface area contributed by atoms with E-state index in [9.17, 15) is 23.3 Å². The summed E-state index contributed by atoms with van der Waals surface area (Å²) in [6.07, 6.45) is 3.17. The SMILES string of the molecule is Cc1ccc([N+](=O)[O-])cc1N(CCCC(=O)N[C@@H](C)CCc1ccccc1)S(C)(=O)=O. The van der Waals surface area contributed by atoms with Gasteiger partial charge < -0.3 is 5.32 Å². The highest BCUT2D eigenvalue weighted by Crippen LogP contribution is 2.27. The molecule has 0 fully saturated rings. The highest BCUT2D eigenvalue weighted by molar-refractivity contribution is 7.92. The molecule has 168 valence electrons. The number of non-ortho nitro benzene ring substituents is 1. The number of nitro groups is 1. The van der Waals surface area contributed by atoms with E-state index < -0.39 is 14.9 Å². The predicted octanol–water partition coefficient (Wildman–Crippen LogP) is 3.59. The van der Waals surface area contributed by atoms with E-state index in [1.807, 2.05) is 37.3 Å². The van der Waals surface area contributed by atoms with Crippen LogP contribution in [0.25, 0.3) is 0 Å². The molecule has 1 amide bonds. The molecule has 0 aromatic heterocycles. The van der Waals surface area contributed by atoms with Gasteiger partial charge in [-0.3, -0.25) is 19.2 Å². The number of anilines is 1. The molecule has 0 radical (unpaired) electrons. The van der Waals surface area contributed by atoms with E-state index in [0.29, 0.717) is 12.0 Å². The van der Waals surface area contributed by atoms with Crippen LogP contribution in [0, 0.1) is 17.0 Å². The molecule has 0 saturated carbocycles. The molecule has 8 nitrogen and oxygen atoms in total. The van der Waals surface area contributed by atoms with Crippen molar-refractivity contribution in [2.75, 3.05) is 17.1 Å². The van der Waals surface area contributed by atoms with Crippen LogP contribution in [-0.2, 0) is 21.2 Å². The maximum Gasteiger partial charge on any atom is 0.271 e. The van der Waals surface area contributed by atoms with Gasteiger partial charge in [-0.25, -0.2) is 8.42 Å². The lowest BCUT2D eigenvalue weighted by molar-refractivity contribution is -0.384. The van der Waals surface area contributed by atoms with Crippen LogP contribution in [-0.4, -0.2) is 38.1 Å². The molecule has 1 N–H and O–H groups in total. The first-order chi connectivity index (χ1) is 14.6. The zero-order chi connectivity index (χ0) is 23.0. The number of sulfonamides is 1. The van der Waals surface area contributed by atoms with Crippen LogP contribution in [0.2, 0.25) is 0 Å². The summed E-state index contributed by atoms with van der Waals surface area (Å²) < 4.78 is 25.7. The second-order valence-electron chi connectivity index (χ2n) is 7.66. The van der Waals surface area contributed by atoms with Crippen molar-refractivity contribution in [3.05, 3.63) is 69.8 Å². The fraction of sp³-hybridized carbons (Fsp3) is 0.409. The Morgan fingerprint density at radius 3 is 2.48 bits per heavy atom. The van der Waals surface area contributed by atoms with Crippen molar-refractivity contribution in [1.29, 1.82) is 0 Å². The Labute approximate surface area is 183 Å². The third kappa shape index (κ3) is 7.67. The quantitative estimate of drug-likeness (QED) is 0.418. The number of nitrogens with zero attached hydrogens (tertiary/aromatic N) is 2. The molecular formula is C22H29N3O5S. The van der Waals surface area contributed by atoms with E-state index >= 15 is 0 Å². The first kappa shape index (κ1) is 24.3. The zero-order valence-electron chi connectivity index (χ0n) is 18.1. The number of carbonyl (C=O) groups is 1. The van der Waals surface area contributed by atoms with Crippen molar-refractivity contribution in [2.24, 2.45) is 0 Å². The van der Waals surface area contributed by atoms with Crippen molar-refractivity contribution in [3.8, 4) is 0 Å². The lowest BCUT2D eigenvalue weighted by Gasteiger charge is -2.24. The van der Waals surface area contributed by atoms with Crippen LogP contribution in [0.5, 0.6) is 0 Å². The Balaban J connectivity index is 1.92. The second kappa shape index (κ2) is 10.9. The molecule has 1 atom stereocenters. The first-order valence-corrected chi connectivity index (χ1v) is 12.0. The number of aryl methyl sites for hydroxylation is 2. The Hall–Kier alpha value is -2.94. The molecule has 0 saturated heterocycles. The number of amides is 1. The van der Waals surface area contributed by atoms with Gasteiger partial charge >= 0.3 is 0 Å². The van der Waals surface area contributed by atoms with Gasteiger partial charge in [0.15, 0.2) is 0 Å². The Morgan fingerprint density at radius 2 is 1.87 bits per heavy atom. The van der Waals surface area contributed by atoms with Gasteiger partial charge in [-0.15, -0.1) is 0 Å². The number of hydrogen-bond acceptors (Lipinski definition) is 5. The summed E-state index contributed by atoms with van der Waals surface area (Å²) in [7, 11) is -3.66. The van der Waals surface area contributed by atoms with Gasteiger partial charge in [0.25, 0.3) is 5.69 Å². The highest BCUT2D eigenvalue weighted by atomic mass is 32.2. The average molecular weight is 448 g/mol. The van der Waals surface area contributed by atoms with Gasteiger partial charge in [0.1, 0.15) is 0 Å². The van der Waals surface area contributed by atoms with Crippen LogP contribution in [0.1, 0.15) is 37.3 Å². The largest absolute Gasteiger partial charge is 0.354 e. The first-order valence-electron chi connectivity index (χ1n) is 10.1. The van der Waals surface area contributed by atoms with E-state index in [0.717, 1.165) is 23.4 Å². The third-order valence-corrected chi connectivity index (χ3v) is 6.13. The van der Waals surface area contributed by atoms with Gasteiger partial charge in [-0.05, 0) is 44.2 Å². The summed E-state index contributed by atoms with van der Waals surface area (Å²) >= 11 is 0. The molecule has 0 aliphatic rings. The monoisotopic (exact) mass is 447 g/mol. The summed E-state index contributed by atoms with van der Waals surface area (Å²) in [5.74, 6) is -0.148. The van der Waals surface area contributed by atoms with Crippen LogP contribution in [0.15, 0.2) is 48.5 Å². The van der Waals surface area contributed by atoms with Crippen LogP contribution in [0.3, 0.4) is 0 Å². The van der Waals surface area contributed by atoms with Crippen LogP contribution >= 0.6 is 0 Å². The van der Waals surface area contributed by atoms with Crippen molar-refractivity contribution in [2.45, 2.75) is 45.6 Å². The maximum absolute atomic E-state index is 12.3. The highest BCUT2D eigenvalue weighted by Gasteiger charge is 2.22. The second-order valence-corrected chi connectivity index (χ2v) is 9.57. The van der Waals surface area contributed by atoms with E-state index in [1.165, 1.54) is 23.8 Å². The molecular weight excluding hydrogens is 418 g/mol. The van der Waals surface area contributed by atoms with Crippen LogP contribution < -0.4 is 9.62 Å². The Kier molecular flexibility index (Phi) is 8.56. The van der Waals surface area contributed by atoms with E-state index in [-0.39, 0.29) is 36.3 Å². The van der Waals surface area contributed by atoms with Crippen molar-refractivity contribution < 1.29 is 18.1 Å². The van der Waals surface area contributed by atoms with Crippen molar-refractivity contribution in [3.63, 3.8) is 0 Å². The molecule has 2 rings (SSSR count). The lowest BCUT2D eigenvalue weighted by atomic mass is 10.1. The Bertz CT molecular complexity index is 1010.